The first-order chi connectivity index (χ1) is 11.9. The van der Waals surface area contributed by atoms with Gasteiger partial charge in [0.25, 0.3) is 0 Å². The van der Waals surface area contributed by atoms with Gasteiger partial charge >= 0.3 is 5.97 Å². The summed E-state index contributed by atoms with van der Waals surface area (Å²) >= 11 is 0. The number of aryl methyl sites for hydroxylation is 1. The Morgan fingerprint density at radius 2 is 1.76 bits per heavy atom. The maximum atomic E-state index is 12.5. The molecule has 0 aliphatic heterocycles. The molecule has 5 nitrogen and oxygen atoms in total. The molecule has 0 aromatic heterocycles. The number of hydrogen-bond donors (Lipinski definition) is 1. The third-order valence-corrected chi connectivity index (χ3v) is 5.08. The van der Waals surface area contributed by atoms with Gasteiger partial charge in [-0.2, -0.15) is 4.72 Å². The quantitative estimate of drug-likeness (QED) is 0.772. The number of benzene rings is 2. The van der Waals surface area contributed by atoms with E-state index < -0.39 is 22.0 Å². The number of carbonyl (C=O) groups is 1. The van der Waals surface area contributed by atoms with Crippen LogP contribution in [0, 0.1) is 6.92 Å². The van der Waals surface area contributed by atoms with Crippen molar-refractivity contribution in [3.8, 4) is 0 Å². The van der Waals surface area contributed by atoms with E-state index in [1.807, 2.05) is 43.3 Å². The molecule has 2 rings (SSSR count). The van der Waals surface area contributed by atoms with Crippen LogP contribution >= 0.6 is 0 Å². The van der Waals surface area contributed by atoms with Gasteiger partial charge < -0.3 is 4.74 Å². The van der Waals surface area contributed by atoms with Gasteiger partial charge in [-0.1, -0.05) is 60.2 Å². The molecule has 132 valence electrons. The number of sulfonamides is 1. The highest BCUT2D eigenvalue weighted by Crippen LogP contribution is 2.12. The Morgan fingerprint density at radius 3 is 2.36 bits per heavy atom. The molecule has 6 heteroatoms. The van der Waals surface area contributed by atoms with Crippen molar-refractivity contribution in [2.75, 3.05) is 7.11 Å². The van der Waals surface area contributed by atoms with Crippen molar-refractivity contribution in [2.24, 2.45) is 0 Å². The van der Waals surface area contributed by atoms with Crippen LogP contribution in [0.15, 0.2) is 65.6 Å². The molecule has 0 radical (unpaired) electrons. The number of hydrogen-bond acceptors (Lipinski definition) is 4. The molecule has 0 amide bonds. The number of rotatable bonds is 7. The highest BCUT2D eigenvalue weighted by atomic mass is 32.2. The second-order valence-corrected chi connectivity index (χ2v) is 7.27. The molecule has 0 bridgehead atoms. The summed E-state index contributed by atoms with van der Waals surface area (Å²) in [6, 6.07) is 15.0. The monoisotopic (exact) mass is 359 g/mol. The minimum Gasteiger partial charge on any atom is -0.468 e. The van der Waals surface area contributed by atoms with E-state index in [1.165, 1.54) is 19.2 Å². The van der Waals surface area contributed by atoms with Crippen molar-refractivity contribution in [3.05, 3.63) is 71.8 Å². The Hall–Kier alpha value is -2.44. The molecular weight excluding hydrogens is 338 g/mol. The number of nitrogens with one attached hydrogen (secondary N) is 1. The van der Waals surface area contributed by atoms with E-state index in [2.05, 4.69) is 4.72 Å². The van der Waals surface area contributed by atoms with E-state index in [4.69, 9.17) is 4.74 Å². The molecule has 1 unspecified atom stereocenters. The maximum Gasteiger partial charge on any atom is 0.324 e. The predicted octanol–water partition coefficient (Wildman–Crippen LogP) is 2.92. The second-order valence-electron chi connectivity index (χ2n) is 5.56. The first-order valence-electron chi connectivity index (χ1n) is 7.81. The van der Waals surface area contributed by atoms with Crippen LogP contribution in [-0.4, -0.2) is 27.5 Å². The summed E-state index contributed by atoms with van der Waals surface area (Å²) in [6.45, 7) is 1.87. The van der Waals surface area contributed by atoms with Crippen LogP contribution in [0.3, 0.4) is 0 Å². The summed E-state index contributed by atoms with van der Waals surface area (Å²) in [5, 5.41) is 0. The molecule has 0 heterocycles. The van der Waals surface area contributed by atoms with E-state index in [9.17, 15) is 13.2 Å². The largest absolute Gasteiger partial charge is 0.468 e. The third-order valence-electron chi connectivity index (χ3n) is 3.60. The lowest BCUT2D eigenvalue weighted by atomic mass is 10.1. The molecule has 0 aliphatic rings. The molecule has 25 heavy (non-hydrogen) atoms. The average Bonchev–Trinajstić information content (AvgIpc) is 2.61. The summed E-state index contributed by atoms with van der Waals surface area (Å²) in [7, 11) is -2.58. The minimum atomic E-state index is -3.81. The van der Waals surface area contributed by atoms with Crippen molar-refractivity contribution < 1.29 is 17.9 Å². The van der Waals surface area contributed by atoms with Gasteiger partial charge in [0.05, 0.1) is 12.0 Å². The molecule has 0 aliphatic carbocycles. The van der Waals surface area contributed by atoms with E-state index in [-0.39, 0.29) is 11.3 Å². The molecule has 1 N–H and O–H groups in total. The maximum absolute atomic E-state index is 12.5. The Balaban J connectivity index is 2.13. The Kier molecular flexibility index (Phi) is 6.50. The molecule has 2 aromatic rings. The van der Waals surface area contributed by atoms with Crippen LogP contribution in [0.5, 0.6) is 0 Å². The van der Waals surface area contributed by atoms with Crippen molar-refractivity contribution in [2.45, 2.75) is 24.3 Å². The zero-order valence-electron chi connectivity index (χ0n) is 14.2. The van der Waals surface area contributed by atoms with E-state index in [0.717, 1.165) is 11.1 Å². The molecule has 2 aromatic carbocycles. The van der Waals surface area contributed by atoms with Gasteiger partial charge in [0, 0.05) is 0 Å². The lowest BCUT2D eigenvalue weighted by Crippen LogP contribution is -2.41. The van der Waals surface area contributed by atoms with Crippen LogP contribution in [0.25, 0.3) is 6.08 Å². The fraction of sp³-hybridized carbons (Fsp3) is 0.211. The van der Waals surface area contributed by atoms with Crippen molar-refractivity contribution in [1.82, 2.24) is 4.72 Å². The molecule has 0 saturated heterocycles. The first-order valence-corrected chi connectivity index (χ1v) is 9.29. The second kappa shape index (κ2) is 8.60. The van der Waals surface area contributed by atoms with Gasteiger partial charge in [0.15, 0.2) is 0 Å². The van der Waals surface area contributed by atoms with Crippen molar-refractivity contribution >= 4 is 22.1 Å². The highest BCUT2D eigenvalue weighted by Gasteiger charge is 2.25. The fourth-order valence-electron chi connectivity index (χ4n) is 2.21. The Morgan fingerprint density at radius 1 is 1.12 bits per heavy atom. The summed E-state index contributed by atoms with van der Waals surface area (Å²) in [4.78, 5) is 12.0. The van der Waals surface area contributed by atoms with Gasteiger partial charge in [0.2, 0.25) is 10.0 Å². The van der Waals surface area contributed by atoms with Crippen molar-refractivity contribution in [1.29, 1.82) is 0 Å². The van der Waals surface area contributed by atoms with Gasteiger partial charge in [-0.25, -0.2) is 8.42 Å². The van der Waals surface area contributed by atoms with E-state index in [1.54, 1.807) is 18.2 Å². The van der Waals surface area contributed by atoms with Crippen LogP contribution in [0.2, 0.25) is 0 Å². The van der Waals surface area contributed by atoms with Gasteiger partial charge in [0.1, 0.15) is 6.04 Å². The molecule has 0 fully saturated rings. The standard InChI is InChI=1S/C19H21NO4S/c1-15-11-13-17(14-12-15)25(22,23)20-18(19(21)24-2)10-6-9-16-7-4-3-5-8-16/h3-9,11-14,18,20H,10H2,1-2H3/b9-6+. The van der Waals surface area contributed by atoms with Gasteiger partial charge in [-0.3, -0.25) is 4.79 Å². The van der Waals surface area contributed by atoms with E-state index >= 15 is 0 Å². The molecule has 0 saturated carbocycles. The third kappa shape index (κ3) is 5.55. The van der Waals surface area contributed by atoms with E-state index in [0.29, 0.717) is 0 Å². The normalized spacial score (nSPS) is 12.9. The van der Waals surface area contributed by atoms with Crippen molar-refractivity contribution in [3.63, 3.8) is 0 Å². The smallest absolute Gasteiger partial charge is 0.324 e. The summed E-state index contributed by atoms with van der Waals surface area (Å²) in [5.41, 5.74) is 1.92. The first kappa shape index (κ1) is 18.9. The zero-order chi connectivity index (χ0) is 18.3. The predicted molar refractivity (Wildman–Crippen MR) is 97.4 cm³/mol. The Bertz CT molecular complexity index is 827. The molecular formula is C19H21NO4S. The van der Waals surface area contributed by atoms with Crippen LogP contribution < -0.4 is 4.72 Å². The van der Waals surface area contributed by atoms with Crippen LogP contribution in [0.4, 0.5) is 0 Å². The zero-order valence-corrected chi connectivity index (χ0v) is 15.0. The number of methoxy groups -OCH3 is 1. The number of carbonyl (C=O) groups excluding carboxylic acids is 1. The minimum absolute atomic E-state index is 0.110. The van der Waals surface area contributed by atoms with Crippen LogP contribution in [-0.2, 0) is 19.6 Å². The summed E-state index contributed by atoms with van der Waals surface area (Å²) < 4.78 is 32.1. The summed E-state index contributed by atoms with van der Waals surface area (Å²) in [6.07, 6.45) is 3.76. The number of esters is 1. The van der Waals surface area contributed by atoms with Gasteiger partial charge in [-0.15, -0.1) is 0 Å². The Labute approximate surface area is 148 Å². The summed E-state index contributed by atoms with van der Waals surface area (Å²) in [5.74, 6) is -0.631. The molecule has 1 atom stereocenters. The SMILES string of the molecule is COC(=O)C(C/C=C/c1ccccc1)NS(=O)(=O)c1ccc(C)cc1. The highest BCUT2D eigenvalue weighted by molar-refractivity contribution is 7.89. The fourth-order valence-corrected chi connectivity index (χ4v) is 3.41. The molecule has 0 spiro atoms. The average molecular weight is 359 g/mol. The van der Waals surface area contributed by atoms with Gasteiger partial charge in [-0.05, 0) is 31.0 Å². The lowest BCUT2D eigenvalue weighted by Gasteiger charge is -2.15. The lowest BCUT2D eigenvalue weighted by molar-refractivity contribution is -0.142. The van der Waals surface area contributed by atoms with Crippen LogP contribution in [0.1, 0.15) is 17.5 Å². The number of ether oxygens (including phenoxy) is 1. The topological polar surface area (TPSA) is 72.5 Å².